The Morgan fingerprint density at radius 3 is 2.71 bits per heavy atom. The van der Waals surface area contributed by atoms with E-state index in [-0.39, 0.29) is 22.0 Å². The Hall–Kier alpha value is -3.12. The number of ether oxygens (including phenoxy) is 1. The van der Waals surface area contributed by atoms with Gasteiger partial charge in [-0.3, -0.25) is 14.2 Å². The standard InChI is InChI=1S/C26H28ClN5O4S2/c1-16-11-19(28-13-16)26(33)29-14-17-5-3-6-18(12-17)15-32-20-7-4-8-21(36-2)24(20)25(30-32)31-38(34,35)23-10-9-22(27)37-23/h3-10,12,16,19,28H,11,13-15H2,1-2H3,(H,29,33)(H,30,31)/t16-,19?/m1/s1. The van der Waals surface area contributed by atoms with Crippen LogP contribution in [0, 0.1) is 5.92 Å². The van der Waals surface area contributed by atoms with Crippen molar-refractivity contribution >= 4 is 55.6 Å². The predicted molar refractivity (Wildman–Crippen MR) is 149 cm³/mol. The smallest absolute Gasteiger partial charge is 0.272 e. The Bertz CT molecular complexity index is 1580. The largest absolute Gasteiger partial charge is 0.496 e. The molecule has 1 fully saturated rings. The first-order chi connectivity index (χ1) is 18.2. The maximum Gasteiger partial charge on any atom is 0.272 e. The molecule has 3 N–H and O–H groups in total. The van der Waals surface area contributed by atoms with Crippen LogP contribution in [0.1, 0.15) is 24.5 Å². The van der Waals surface area contributed by atoms with Crippen molar-refractivity contribution in [2.75, 3.05) is 18.4 Å². The number of benzene rings is 2. The third-order valence-corrected chi connectivity index (χ3v) is 9.52. The number of hydrogen-bond donors (Lipinski definition) is 3. The molecule has 1 aliphatic rings. The lowest BCUT2D eigenvalue weighted by Crippen LogP contribution is -2.40. The maximum absolute atomic E-state index is 13.0. The highest BCUT2D eigenvalue weighted by Crippen LogP contribution is 2.35. The Morgan fingerprint density at radius 1 is 1.21 bits per heavy atom. The molecule has 2 atom stereocenters. The van der Waals surface area contributed by atoms with Crippen molar-refractivity contribution in [3.05, 3.63) is 70.1 Å². The lowest BCUT2D eigenvalue weighted by atomic mass is 10.1. The molecule has 0 bridgehead atoms. The summed E-state index contributed by atoms with van der Waals surface area (Å²) in [5, 5.41) is 11.4. The van der Waals surface area contributed by atoms with Crippen LogP contribution < -0.4 is 20.1 Å². The Morgan fingerprint density at radius 2 is 2.00 bits per heavy atom. The van der Waals surface area contributed by atoms with Crippen molar-refractivity contribution in [1.82, 2.24) is 20.4 Å². The minimum absolute atomic E-state index is 0.00821. The van der Waals surface area contributed by atoms with E-state index < -0.39 is 10.0 Å². The van der Waals surface area contributed by atoms with E-state index >= 15 is 0 Å². The monoisotopic (exact) mass is 573 g/mol. The van der Waals surface area contributed by atoms with E-state index in [1.807, 2.05) is 36.4 Å². The van der Waals surface area contributed by atoms with Crippen molar-refractivity contribution in [1.29, 1.82) is 0 Å². The molecule has 4 aromatic rings. The van der Waals surface area contributed by atoms with Crippen molar-refractivity contribution < 1.29 is 17.9 Å². The number of nitrogens with one attached hydrogen (secondary N) is 3. The van der Waals surface area contributed by atoms with Crippen LogP contribution in [-0.4, -0.2) is 43.8 Å². The second-order valence-electron chi connectivity index (χ2n) is 9.36. The third kappa shape index (κ3) is 5.65. The van der Waals surface area contributed by atoms with Crippen LogP contribution in [0.4, 0.5) is 5.82 Å². The summed E-state index contributed by atoms with van der Waals surface area (Å²) in [7, 11) is -2.36. The lowest BCUT2D eigenvalue weighted by molar-refractivity contribution is -0.123. The molecule has 1 saturated heterocycles. The number of thiophene rings is 1. The Balaban J connectivity index is 1.39. The number of fused-ring (bicyclic) bond motifs is 1. The molecule has 1 aliphatic heterocycles. The van der Waals surface area contributed by atoms with Gasteiger partial charge in [0.15, 0.2) is 5.82 Å². The minimum Gasteiger partial charge on any atom is -0.496 e. The van der Waals surface area contributed by atoms with Gasteiger partial charge in [0.05, 0.1) is 34.9 Å². The van der Waals surface area contributed by atoms with Gasteiger partial charge >= 0.3 is 0 Å². The molecule has 1 unspecified atom stereocenters. The molecule has 3 heterocycles. The molecule has 2 aromatic heterocycles. The van der Waals surface area contributed by atoms with E-state index in [4.69, 9.17) is 16.3 Å². The molecule has 0 saturated carbocycles. The molecular weight excluding hydrogens is 546 g/mol. The van der Waals surface area contributed by atoms with Crippen molar-refractivity contribution in [3.63, 3.8) is 0 Å². The zero-order valence-electron chi connectivity index (χ0n) is 20.9. The number of amides is 1. The van der Waals surface area contributed by atoms with Crippen LogP contribution in [0.25, 0.3) is 10.9 Å². The molecule has 0 aliphatic carbocycles. The molecule has 200 valence electrons. The number of aromatic nitrogens is 2. The van der Waals surface area contributed by atoms with Crippen LogP contribution in [0.2, 0.25) is 4.34 Å². The topological polar surface area (TPSA) is 114 Å². The van der Waals surface area contributed by atoms with Gasteiger partial charge in [0, 0.05) is 6.54 Å². The number of rotatable bonds is 9. The predicted octanol–water partition coefficient (Wildman–Crippen LogP) is 4.22. The number of carbonyl (C=O) groups is 1. The average Bonchev–Trinajstić information content (AvgIpc) is 3.62. The first-order valence-electron chi connectivity index (χ1n) is 12.1. The van der Waals surface area contributed by atoms with Crippen molar-refractivity contribution in [3.8, 4) is 5.75 Å². The summed E-state index contributed by atoms with van der Waals surface area (Å²) in [6.45, 7) is 3.79. The van der Waals surface area contributed by atoms with E-state index in [0.717, 1.165) is 35.4 Å². The van der Waals surface area contributed by atoms with E-state index in [1.165, 1.54) is 19.2 Å². The number of hydrogen-bond acceptors (Lipinski definition) is 7. The highest BCUT2D eigenvalue weighted by Gasteiger charge is 2.26. The molecule has 38 heavy (non-hydrogen) atoms. The first kappa shape index (κ1) is 26.5. The van der Waals surface area contributed by atoms with Gasteiger partial charge in [0.25, 0.3) is 10.0 Å². The average molecular weight is 574 g/mol. The van der Waals surface area contributed by atoms with Crippen LogP contribution in [0.3, 0.4) is 0 Å². The molecule has 12 heteroatoms. The van der Waals surface area contributed by atoms with Gasteiger partial charge in [0.1, 0.15) is 9.96 Å². The van der Waals surface area contributed by atoms with Gasteiger partial charge in [-0.05, 0) is 54.3 Å². The van der Waals surface area contributed by atoms with Gasteiger partial charge in [-0.15, -0.1) is 11.3 Å². The summed E-state index contributed by atoms with van der Waals surface area (Å²) in [5.74, 6) is 1.17. The zero-order valence-corrected chi connectivity index (χ0v) is 23.3. The fourth-order valence-corrected chi connectivity index (χ4v) is 7.11. The molecule has 0 spiro atoms. The number of carbonyl (C=O) groups excluding carboxylic acids is 1. The van der Waals surface area contributed by atoms with Gasteiger partial charge < -0.3 is 15.4 Å². The van der Waals surface area contributed by atoms with Crippen LogP contribution in [-0.2, 0) is 27.9 Å². The summed E-state index contributed by atoms with van der Waals surface area (Å²) in [6.07, 6.45) is 0.841. The summed E-state index contributed by atoms with van der Waals surface area (Å²) in [4.78, 5) is 12.5. The van der Waals surface area contributed by atoms with Crippen LogP contribution in [0.5, 0.6) is 5.75 Å². The highest BCUT2D eigenvalue weighted by atomic mass is 35.5. The Kier molecular flexibility index (Phi) is 7.62. The minimum atomic E-state index is -3.89. The molecule has 5 rings (SSSR count). The van der Waals surface area contributed by atoms with Crippen molar-refractivity contribution in [2.24, 2.45) is 5.92 Å². The van der Waals surface area contributed by atoms with E-state index in [2.05, 4.69) is 27.4 Å². The number of sulfonamides is 1. The van der Waals surface area contributed by atoms with E-state index in [1.54, 1.807) is 10.7 Å². The molecular formula is C26H28ClN5O4S2. The van der Waals surface area contributed by atoms with E-state index in [9.17, 15) is 13.2 Å². The summed E-state index contributed by atoms with van der Waals surface area (Å²) in [6, 6.07) is 16.2. The zero-order chi connectivity index (χ0) is 26.9. The summed E-state index contributed by atoms with van der Waals surface area (Å²) in [5.41, 5.74) is 2.63. The maximum atomic E-state index is 13.0. The SMILES string of the molecule is COc1cccc2c1c(NS(=O)(=O)c1ccc(Cl)s1)nn2Cc1cccc(CNC(=O)C2C[C@@H](C)CN2)c1. The number of methoxy groups -OCH3 is 1. The molecule has 2 aromatic carbocycles. The number of halogens is 1. The van der Waals surface area contributed by atoms with Gasteiger partial charge in [0.2, 0.25) is 5.91 Å². The van der Waals surface area contributed by atoms with Gasteiger partial charge in [-0.25, -0.2) is 8.42 Å². The van der Waals surface area contributed by atoms with Crippen LogP contribution in [0.15, 0.2) is 58.8 Å². The lowest BCUT2D eigenvalue weighted by Gasteiger charge is -2.12. The fraction of sp³-hybridized carbons (Fsp3) is 0.308. The number of anilines is 1. The third-order valence-electron chi connectivity index (χ3n) is 6.46. The van der Waals surface area contributed by atoms with Crippen LogP contribution >= 0.6 is 22.9 Å². The molecule has 9 nitrogen and oxygen atoms in total. The summed E-state index contributed by atoms with van der Waals surface area (Å²) >= 11 is 6.93. The quantitative estimate of drug-likeness (QED) is 0.276. The van der Waals surface area contributed by atoms with Gasteiger partial charge in [-0.1, -0.05) is 48.9 Å². The van der Waals surface area contributed by atoms with E-state index in [0.29, 0.717) is 40.0 Å². The normalized spacial score (nSPS) is 17.6. The van der Waals surface area contributed by atoms with Gasteiger partial charge in [-0.2, -0.15) is 5.10 Å². The first-order valence-corrected chi connectivity index (χ1v) is 14.8. The second kappa shape index (κ2) is 10.9. The highest BCUT2D eigenvalue weighted by molar-refractivity contribution is 7.94. The Labute approximate surface area is 230 Å². The fourth-order valence-electron chi connectivity index (χ4n) is 4.61. The number of nitrogens with zero attached hydrogens (tertiary/aromatic N) is 2. The molecule has 1 amide bonds. The molecule has 0 radical (unpaired) electrons. The second-order valence-corrected chi connectivity index (χ2v) is 13.0. The van der Waals surface area contributed by atoms with Crippen molar-refractivity contribution in [2.45, 2.75) is 36.7 Å². The summed E-state index contributed by atoms with van der Waals surface area (Å²) < 4.78 is 36.4.